The van der Waals surface area contributed by atoms with Crippen LogP contribution in [0.2, 0.25) is 0 Å². The molecule has 0 radical (unpaired) electrons. The number of aliphatic hydroxyl groups is 2. The summed E-state index contributed by atoms with van der Waals surface area (Å²) >= 11 is 0. The molecule has 8 heteroatoms. The first-order valence-corrected chi connectivity index (χ1v) is 14.5. The van der Waals surface area contributed by atoms with Gasteiger partial charge in [0, 0.05) is 7.11 Å². The van der Waals surface area contributed by atoms with E-state index in [4.69, 9.17) is 28.4 Å². The van der Waals surface area contributed by atoms with Gasteiger partial charge in [0.25, 0.3) is 0 Å². The van der Waals surface area contributed by atoms with Gasteiger partial charge in [-0.05, 0) is 99.9 Å². The third-order valence-corrected chi connectivity index (χ3v) is 7.92. The third kappa shape index (κ3) is 7.57. The van der Waals surface area contributed by atoms with Crippen molar-refractivity contribution in [3.05, 3.63) is 48.5 Å². The van der Waals surface area contributed by atoms with E-state index in [0.717, 1.165) is 37.2 Å². The van der Waals surface area contributed by atoms with Gasteiger partial charge in [-0.25, -0.2) is 0 Å². The van der Waals surface area contributed by atoms with Gasteiger partial charge in [0.2, 0.25) is 0 Å². The van der Waals surface area contributed by atoms with E-state index in [1.807, 2.05) is 36.4 Å². The van der Waals surface area contributed by atoms with E-state index in [1.165, 1.54) is 45.6 Å². The maximum atomic E-state index is 10.9. The minimum absolute atomic E-state index is 0.0425. The molecule has 5 rings (SSSR count). The number of hydrogen-bond acceptors (Lipinski definition) is 8. The zero-order chi connectivity index (χ0) is 27.0. The fourth-order valence-corrected chi connectivity index (χ4v) is 5.66. The zero-order valence-electron chi connectivity index (χ0n) is 22.8. The summed E-state index contributed by atoms with van der Waals surface area (Å²) in [7, 11) is 1.48. The minimum Gasteiger partial charge on any atom is -0.491 e. The van der Waals surface area contributed by atoms with Gasteiger partial charge in [0.05, 0.1) is 12.2 Å². The molecule has 1 saturated heterocycles. The van der Waals surface area contributed by atoms with Crippen LogP contribution in [0.4, 0.5) is 0 Å². The van der Waals surface area contributed by atoms with E-state index >= 15 is 0 Å². The SMILES string of the molecule is CO[C@H]1O[C@H](COc2ccc(OC3CCCCC3)cc2)[C@@H](O)[C@H](O)[C@H]1Oc1ccc(OC2CCCCC2)cc1. The van der Waals surface area contributed by atoms with Crippen LogP contribution >= 0.6 is 0 Å². The molecule has 2 aromatic carbocycles. The molecule has 0 unspecified atom stereocenters. The van der Waals surface area contributed by atoms with Crippen molar-refractivity contribution in [2.75, 3.05) is 13.7 Å². The molecule has 5 atom stereocenters. The summed E-state index contributed by atoms with van der Waals surface area (Å²) in [5.74, 6) is 2.77. The quantitative estimate of drug-likeness (QED) is 0.432. The summed E-state index contributed by atoms with van der Waals surface area (Å²) in [6.07, 6.45) is 7.29. The van der Waals surface area contributed by atoms with Crippen LogP contribution in [0.5, 0.6) is 23.0 Å². The third-order valence-electron chi connectivity index (χ3n) is 7.92. The Balaban J connectivity index is 1.12. The lowest BCUT2D eigenvalue weighted by atomic mass is 9.98. The number of hydrogen-bond donors (Lipinski definition) is 2. The number of ether oxygens (including phenoxy) is 6. The van der Waals surface area contributed by atoms with Crippen molar-refractivity contribution in [2.45, 2.75) is 107 Å². The second kappa shape index (κ2) is 13.7. The molecule has 2 aliphatic carbocycles. The molecular weight excluding hydrogens is 500 g/mol. The Morgan fingerprint density at radius 1 is 0.641 bits per heavy atom. The average Bonchev–Trinajstić information content (AvgIpc) is 2.98. The largest absolute Gasteiger partial charge is 0.491 e. The van der Waals surface area contributed by atoms with Gasteiger partial charge < -0.3 is 38.6 Å². The summed E-state index contributed by atoms with van der Waals surface area (Å²) in [6, 6.07) is 14.8. The molecule has 0 bridgehead atoms. The van der Waals surface area contributed by atoms with Crippen molar-refractivity contribution in [1.29, 1.82) is 0 Å². The van der Waals surface area contributed by atoms with E-state index in [0.29, 0.717) is 11.5 Å². The number of rotatable bonds is 10. The molecule has 1 aliphatic heterocycles. The highest BCUT2D eigenvalue weighted by molar-refractivity contribution is 5.32. The van der Waals surface area contributed by atoms with Gasteiger partial charge in [-0.3, -0.25) is 0 Å². The summed E-state index contributed by atoms with van der Waals surface area (Å²) in [5, 5.41) is 21.7. The number of methoxy groups -OCH3 is 1. The first-order valence-electron chi connectivity index (χ1n) is 14.5. The molecule has 3 fully saturated rings. The van der Waals surface area contributed by atoms with Gasteiger partial charge in [0.15, 0.2) is 12.4 Å². The fraction of sp³-hybridized carbons (Fsp3) is 0.613. The molecule has 8 nitrogen and oxygen atoms in total. The molecule has 0 amide bonds. The van der Waals surface area contributed by atoms with Gasteiger partial charge >= 0.3 is 0 Å². The summed E-state index contributed by atoms with van der Waals surface area (Å²) in [5.41, 5.74) is 0. The Labute approximate surface area is 231 Å². The normalized spacial score (nSPS) is 28.5. The van der Waals surface area contributed by atoms with E-state index in [9.17, 15) is 10.2 Å². The van der Waals surface area contributed by atoms with Crippen molar-refractivity contribution in [1.82, 2.24) is 0 Å². The fourth-order valence-electron chi connectivity index (χ4n) is 5.66. The highest BCUT2D eigenvalue weighted by Gasteiger charge is 2.46. The van der Waals surface area contributed by atoms with Gasteiger partial charge in [0.1, 0.15) is 47.9 Å². The van der Waals surface area contributed by atoms with Crippen molar-refractivity contribution in [3.8, 4) is 23.0 Å². The molecular formula is C31H42O8. The van der Waals surface area contributed by atoms with Crippen LogP contribution < -0.4 is 18.9 Å². The first-order chi connectivity index (χ1) is 19.1. The second-order valence-electron chi connectivity index (χ2n) is 10.9. The monoisotopic (exact) mass is 542 g/mol. The van der Waals surface area contributed by atoms with Crippen molar-refractivity contribution < 1.29 is 38.6 Å². The lowest BCUT2D eigenvalue weighted by Crippen LogP contribution is -2.61. The highest BCUT2D eigenvalue weighted by atomic mass is 16.7. The Bertz CT molecular complexity index is 981. The molecule has 39 heavy (non-hydrogen) atoms. The Kier molecular flexibility index (Phi) is 9.85. The van der Waals surface area contributed by atoms with Crippen LogP contribution in [0.25, 0.3) is 0 Å². The predicted octanol–water partition coefficient (Wildman–Crippen LogP) is 5.03. The molecule has 0 aromatic heterocycles. The maximum absolute atomic E-state index is 10.9. The Hall–Kier alpha value is -2.52. The smallest absolute Gasteiger partial charge is 0.197 e. The van der Waals surface area contributed by atoms with Crippen LogP contribution in [-0.4, -0.2) is 66.8 Å². The van der Waals surface area contributed by atoms with Gasteiger partial charge in [-0.1, -0.05) is 12.8 Å². The minimum atomic E-state index is -1.23. The Morgan fingerprint density at radius 2 is 1.10 bits per heavy atom. The van der Waals surface area contributed by atoms with Crippen LogP contribution in [0.15, 0.2) is 48.5 Å². The number of aliphatic hydroxyl groups excluding tert-OH is 2. The lowest BCUT2D eigenvalue weighted by Gasteiger charge is -2.41. The van der Waals surface area contributed by atoms with Crippen molar-refractivity contribution in [2.24, 2.45) is 0 Å². The maximum Gasteiger partial charge on any atom is 0.197 e. The lowest BCUT2D eigenvalue weighted by molar-refractivity contribution is -0.287. The summed E-state index contributed by atoms with van der Waals surface area (Å²) in [6.45, 7) is 0.0425. The second-order valence-corrected chi connectivity index (χ2v) is 10.9. The van der Waals surface area contributed by atoms with Gasteiger partial charge in [-0.15, -0.1) is 0 Å². The highest BCUT2D eigenvalue weighted by Crippen LogP contribution is 2.30. The summed E-state index contributed by atoms with van der Waals surface area (Å²) in [4.78, 5) is 0. The van der Waals surface area contributed by atoms with E-state index in [-0.39, 0.29) is 18.8 Å². The predicted molar refractivity (Wildman–Crippen MR) is 145 cm³/mol. The molecule has 1 heterocycles. The number of benzene rings is 2. The van der Waals surface area contributed by atoms with E-state index < -0.39 is 30.7 Å². The van der Waals surface area contributed by atoms with Crippen LogP contribution in [-0.2, 0) is 9.47 Å². The first kappa shape index (κ1) is 28.0. The molecule has 2 N–H and O–H groups in total. The topological polar surface area (TPSA) is 95.8 Å². The standard InChI is InChI=1S/C31H42O8/c1-34-31-30(38-26-18-16-25(17-19-26)37-23-10-6-3-7-11-23)29(33)28(32)27(39-31)20-35-21-12-14-24(15-13-21)36-22-8-4-2-5-9-22/h12-19,22-23,27-33H,2-11,20H2,1H3/t27-,28-,29+,30-,31+/m1/s1. The van der Waals surface area contributed by atoms with Crippen molar-refractivity contribution >= 4 is 0 Å². The van der Waals surface area contributed by atoms with Crippen LogP contribution in [0, 0.1) is 0 Å². The summed E-state index contributed by atoms with van der Waals surface area (Å²) < 4.78 is 35.4. The molecule has 0 spiro atoms. The molecule has 214 valence electrons. The molecule has 3 aliphatic rings. The van der Waals surface area contributed by atoms with E-state index in [1.54, 1.807) is 12.1 Å². The molecule has 2 saturated carbocycles. The zero-order valence-corrected chi connectivity index (χ0v) is 22.8. The average molecular weight is 543 g/mol. The van der Waals surface area contributed by atoms with Crippen LogP contribution in [0.1, 0.15) is 64.2 Å². The van der Waals surface area contributed by atoms with Crippen molar-refractivity contribution in [3.63, 3.8) is 0 Å². The van der Waals surface area contributed by atoms with E-state index in [2.05, 4.69) is 0 Å². The van der Waals surface area contributed by atoms with Gasteiger partial charge in [-0.2, -0.15) is 0 Å². The molecule has 2 aromatic rings. The Morgan fingerprint density at radius 3 is 1.59 bits per heavy atom. The van der Waals surface area contributed by atoms with Crippen LogP contribution in [0.3, 0.4) is 0 Å².